The number of piperazine rings is 1. The average Bonchev–Trinajstić information content (AvgIpc) is 2.74. The lowest BCUT2D eigenvalue weighted by Crippen LogP contribution is -2.50. The Balaban J connectivity index is 1.45. The Bertz CT molecular complexity index is 1080. The minimum atomic E-state index is -0.0330. The predicted molar refractivity (Wildman–Crippen MR) is 112 cm³/mol. The Hall–Kier alpha value is -3.28. The first-order chi connectivity index (χ1) is 13.9. The molecule has 0 saturated carbocycles. The van der Waals surface area contributed by atoms with Gasteiger partial charge in [0.25, 0.3) is 11.8 Å². The van der Waals surface area contributed by atoms with E-state index < -0.39 is 0 Å². The molecule has 0 spiro atoms. The second-order valence-corrected chi connectivity index (χ2v) is 7.55. The van der Waals surface area contributed by atoms with Crippen molar-refractivity contribution in [2.75, 3.05) is 26.2 Å². The van der Waals surface area contributed by atoms with E-state index in [1.165, 1.54) is 0 Å². The van der Waals surface area contributed by atoms with Crippen LogP contribution in [-0.2, 0) is 0 Å². The summed E-state index contributed by atoms with van der Waals surface area (Å²) in [5, 5.41) is 0. The summed E-state index contributed by atoms with van der Waals surface area (Å²) in [5.41, 5.74) is 5.70. The molecular formula is C23H24N4O2. The van der Waals surface area contributed by atoms with Crippen molar-refractivity contribution in [2.24, 2.45) is 0 Å². The Labute approximate surface area is 170 Å². The number of benzene rings is 2. The zero-order chi connectivity index (χ0) is 20.5. The number of carbonyl (C=O) groups excluding carboxylic acids is 2. The minimum absolute atomic E-state index is 0.0175. The van der Waals surface area contributed by atoms with Gasteiger partial charge in [-0.2, -0.15) is 0 Å². The van der Waals surface area contributed by atoms with E-state index in [2.05, 4.69) is 9.97 Å². The minimum Gasteiger partial charge on any atom is -0.335 e. The molecule has 1 fully saturated rings. The quantitative estimate of drug-likeness (QED) is 0.676. The number of aryl methyl sites for hydroxylation is 3. The number of carbonyl (C=O) groups is 2. The largest absolute Gasteiger partial charge is 0.335 e. The topological polar surface area (TPSA) is 66.4 Å². The van der Waals surface area contributed by atoms with Gasteiger partial charge in [0.1, 0.15) is 0 Å². The van der Waals surface area contributed by atoms with Crippen molar-refractivity contribution in [3.8, 4) is 0 Å². The molecule has 2 aromatic carbocycles. The van der Waals surface area contributed by atoms with E-state index in [-0.39, 0.29) is 11.8 Å². The predicted octanol–water partition coefficient (Wildman–Crippen LogP) is 3.15. The lowest BCUT2D eigenvalue weighted by atomic mass is 10.1. The number of nitrogens with zero attached hydrogens (tertiary/aromatic N) is 4. The zero-order valence-corrected chi connectivity index (χ0v) is 17.0. The summed E-state index contributed by atoms with van der Waals surface area (Å²) in [6.07, 6.45) is 0. The molecule has 2 amide bonds. The van der Waals surface area contributed by atoms with E-state index in [4.69, 9.17) is 0 Å². The highest BCUT2D eigenvalue weighted by Gasteiger charge is 2.25. The molecule has 6 heteroatoms. The SMILES string of the molecule is Cc1ccc(C(=O)N2CCN(C(=O)c3ccc4nc(C)c(C)nc4c3)CC2)cc1. The van der Waals surface area contributed by atoms with Crippen LogP contribution >= 0.6 is 0 Å². The standard InChI is InChI=1S/C23H24N4O2/c1-15-4-6-18(7-5-15)22(28)26-10-12-27(13-11-26)23(29)19-8-9-20-21(14-19)25-17(3)16(2)24-20/h4-9,14H,10-13H2,1-3H3. The number of fused-ring (bicyclic) bond motifs is 1. The lowest BCUT2D eigenvalue weighted by Gasteiger charge is -2.35. The van der Waals surface area contributed by atoms with Gasteiger partial charge in [-0.15, -0.1) is 0 Å². The van der Waals surface area contributed by atoms with E-state index in [0.29, 0.717) is 37.3 Å². The second kappa shape index (κ2) is 7.62. The van der Waals surface area contributed by atoms with Crippen LogP contribution in [0.1, 0.15) is 37.7 Å². The highest BCUT2D eigenvalue weighted by Crippen LogP contribution is 2.17. The van der Waals surface area contributed by atoms with E-state index in [1.54, 1.807) is 17.0 Å². The molecule has 2 heterocycles. The molecule has 0 atom stereocenters. The van der Waals surface area contributed by atoms with E-state index in [9.17, 15) is 9.59 Å². The lowest BCUT2D eigenvalue weighted by molar-refractivity contribution is 0.0535. The summed E-state index contributed by atoms with van der Waals surface area (Å²) in [7, 11) is 0. The van der Waals surface area contributed by atoms with Crippen molar-refractivity contribution in [2.45, 2.75) is 20.8 Å². The molecule has 4 rings (SSSR count). The van der Waals surface area contributed by atoms with Crippen molar-refractivity contribution in [1.29, 1.82) is 0 Å². The summed E-state index contributed by atoms with van der Waals surface area (Å²) in [6, 6.07) is 13.1. The summed E-state index contributed by atoms with van der Waals surface area (Å²) in [4.78, 5) is 38.3. The highest BCUT2D eigenvalue weighted by molar-refractivity contribution is 5.98. The summed E-state index contributed by atoms with van der Waals surface area (Å²) in [5.74, 6) is -0.0155. The Kier molecular flexibility index (Phi) is 5.01. The van der Waals surface area contributed by atoms with Gasteiger partial charge in [-0.25, -0.2) is 9.97 Å². The molecule has 0 N–H and O–H groups in total. The molecular weight excluding hydrogens is 364 g/mol. The molecule has 1 aromatic heterocycles. The molecule has 0 aliphatic carbocycles. The third-order valence-electron chi connectivity index (χ3n) is 5.47. The molecule has 148 valence electrons. The molecule has 1 saturated heterocycles. The zero-order valence-electron chi connectivity index (χ0n) is 17.0. The van der Waals surface area contributed by atoms with Gasteiger partial charge in [-0.3, -0.25) is 9.59 Å². The van der Waals surface area contributed by atoms with Crippen LogP contribution < -0.4 is 0 Å². The summed E-state index contributed by atoms with van der Waals surface area (Å²) < 4.78 is 0. The van der Waals surface area contributed by atoms with Gasteiger partial charge in [-0.05, 0) is 51.1 Å². The third kappa shape index (κ3) is 3.83. The first-order valence-electron chi connectivity index (χ1n) is 9.82. The Morgan fingerprint density at radius 1 is 0.690 bits per heavy atom. The first-order valence-corrected chi connectivity index (χ1v) is 9.82. The van der Waals surface area contributed by atoms with Crippen molar-refractivity contribution in [3.05, 3.63) is 70.5 Å². The van der Waals surface area contributed by atoms with Crippen molar-refractivity contribution < 1.29 is 9.59 Å². The fourth-order valence-corrected chi connectivity index (χ4v) is 3.54. The van der Waals surface area contributed by atoms with Crippen molar-refractivity contribution in [3.63, 3.8) is 0 Å². The maximum absolute atomic E-state index is 13.0. The van der Waals surface area contributed by atoms with E-state index >= 15 is 0 Å². The Morgan fingerprint density at radius 2 is 1.17 bits per heavy atom. The van der Waals surface area contributed by atoms with Crippen molar-refractivity contribution in [1.82, 2.24) is 19.8 Å². The van der Waals surface area contributed by atoms with Gasteiger partial charge in [0.2, 0.25) is 0 Å². The van der Waals surface area contributed by atoms with Gasteiger partial charge < -0.3 is 9.80 Å². The van der Waals surface area contributed by atoms with Crippen molar-refractivity contribution >= 4 is 22.8 Å². The fraction of sp³-hybridized carbons (Fsp3) is 0.304. The average molecular weight is 388 g/mol. The molecule has 1 aliphatic rings. The monoisotopic (exact) mass is 388 g/mol. The van der Waals surface area contributed by atoms with Crippen LogP contribution in [0.15, 0.2) is 42.5 Å². The number of hydrogen-bond donors (Lipinski definition) is 0. The van der Waals surface area contributed by atoms with Gasteiger partial charge in [0.05, 0.1) is 22.4 Å². The smallest absolute Gasteiger partial charge is 0.254 e. The number of rotatable bonds is 2. The maximum atomic E-state index is 13.0. The normalized spacial score (nSPS) is 14.3. The number of aromatic nitrogens is 2. The van der Waals surface area contributed by atoms with Crippen LogP contribution in [0.4, 0.5) is 0 Å². The third-order valence-corrected chi connectivity index (χ3v) is 5.47. The summed E-state index contributed by atoms with van der Waals surface area (Å²) in [6.45, 7) is 7.95. The maximum Gasteiger partial charge on any atom is 0.254 e. The molecule has 1 aliphatic heterocycles. The Morgan fingerprint density at radius 3 is 1.76 bits per heavy atom. The van der Waals surface area contributed by atoms with Crippen LogP contribution in [0.3, 0.4) is 0 Å². The van der Waals surface area contributed by atoms with Crippen LogP contribution in [0.2, 0.25) is 0 Å². The molecule has 6 nitrogen and oxygen atoms in total. The molecule has 0 radical (unpaired) electrons. The molecule has 0 bridgehead atoms. The molecule has 29 heavy (non-hydrogen) atoms. The molecule has 3 aromatic rings. The summed E-state index contributed by atoms with van der Waals surface area (Å²) >= 11 is 0. The number of hydrogen-bond acceptors (Lipinski definition) is 4. The van der Waals surface area contributed by atoms with Gasteiger partial charge in [0, 0.05) is 37.3 Å². The van der Waals surface area contributed by atoms with E-state index in [0.717, 1.165) is 28.0 Å². The van der Waals surface area contributed by atoms with Gasteiger partial charge >= 0.3 is 0 Å². The van der Waals surface area contributed by atoms with Crippen LogP contribution in [0.5, 0.6) is 0 Å². The first kappa shape index (κ1) is 19.1. The fourth-order valence-electron chi connectivity index (χ4n) is 3.54. The van der Waals surface area contributed by atoms with Crippen LogP contribution in [0.25, 0.3) is 11.0 Å². The van der Waals surface area contributed by atoms with Gasteiger partial charge in [0.15, 0.2) is 0 Å². The van der Waals surface area contributed by atoms with Crippen LogP contribution in [0, 0.1) is 20.8 Å². The van der Waals surface area contributed by atoms with E-state index in [1.807, 2.05) is 56.0 Å². The van der Waals surface area contributed by atoms with Crippen LogP contribution in [-0.4, -0.2) is 57.8 Å². The second-order valence-electron chi connectivity index (χ2n) is 7.55. The number of amides is 2. The molecule has 0 unspecified atom stereocenters. The highest BCUT2D eigenvalue weighted by atomic mass is 16.2. The van der Waals surface area contributed by atoms with Gasteiger partial charge in [-0.1, -0.05) is 17.7 Å².